The second kappa shape index (κ2) is 5.96. The minimum Gasteiger partial charge on any atom is -0.319 e. The molecule has 2 aromatic rings. The van der Waals surface area contributed by atoms with Crippen LogP contribution < -0.4 is 5.32 Å². The quantitative estimate of drug-likeness (QED) is 0.669. The third-order valence-corrected chi connectivity index (χ3v) is 3.07. The highest BCUT2D eigenvalue weighted by Gasteiger charge is 2.21. The summed E-state index contributed by atoms with van der Waals surface area (Å²) in [6.07, 6.45) is 0. The maximum absolute atomic E-state index is 13.6. The number of benzene rings is 2. The van der Waals surface area contributed by atoms with Crippen LogP contribution in [0.5, 0.6) is 0 Å². The largest absolute Gasteiger partial charge is 0.319 e. The highest BCUT2D eigenvalue weighted by atomic mass is 79.9. The predicted molar refractivity (Wildman–Crippen MR) is 75.1 cm³/mol. The van der Waals surface area contributed by atoms with Crippen LogP contribution >= 0.6 is 15.9 Å². The lowest BCUT2D eigenvalue weighted by molar-refractivity contribution is -0.385. The highest BCUT2D eigenvalue weighted by Crippen LogP contribution is 2.23. The molecule has 0 saturated carbocycles. The Hall–Kier alpha value is -2.35. The van der Waals surface area contributed by atoms with Gasteiger partial charge in [0, 0.05) is 4.47 Å². The van der Waals surface area contributed by atoms with Crippen LogP contribution in [-0.4, -0.2) is 10.8 Å². The molecule has 0 aliphatic carbocycles. The molecule has 0 atom stereocenters. The van der Waals surface area contributed by atoms with E-state index in [4.69, 9.17) is 0 Å². The maximum Gasteiger partial charge on any atom is 0.285 e. The Morgan fingerprint density at radius 2 is 1.90 bits per heavy atom. The van der Waals surface area contributed by atoms with Crippen molar-refractivity contribution in [1.29, 1.82) is 0 Å². The number of rotatable bonds is 3. The zero-order chi connectivity index (χ0) is 15.6. The number of amides is 1. The number of nitrogens with one attached hydrogen (secondary N) is 1. The van der Waals surface area contributed by atoms with Crippen molar-refractivity contribution < 1.29 is 18.5 Å². The fourth-order valence-corrected chi connectivity index (χ4v) is 1.96. The number of carbonyl (C=O) groups is 1. The number of halogens is 3. The highest BCUT2D eigenvalue weighted by molar-refractivity contribution is 9.10. The molecule has 0 saturated heterocycles. The summed E-state index contributed by atoms with van der Waals surface area (Å²) in [5.41, 5.74) is -1.18. The number of hydrogen-bond acceptors (Lipinski definition) is 3. The normalized spacial score (nSPS) is 10.2. The molecule has 1 N–H and O–H groups in total. The van der Waals surface area contributed by atoms with E-state index < -0.39 is 28.2 Å². The van der Waals surface area contributed by atoms with E-state index in [2.05, 4.69) is 21.2 Å². The summed E-state index contributed by atoms with van der Waals surface area (Å²) in [4.78, 5) is 21.9. The first-order valence-electron chi connectivity index (χ1n) is 5.59. The number of nitro benzene ring substituents is 1. The third-order valence-electron chi connectivity index (χ3n) is 2.58. The monoisotopic (exact) mass is 356 g/mol. The summed E-state index contributed by atoms with van der Waals surface area (Å²) in [6, 6.07) is 6.45. The van der Waals surface area contributed by atoms with Crippen LogP contribution in [0, 0.1) is 21.7 Å². The van der Waals surface area contributed by atoms with Gasteiger partial charge in [0.05, 0.1) is 16.7 Å². The molecule has 0 aliphatic rings. The Bertz CT molecular complexity index is 737. The van der Waals surface area contributed by atoms with Crippen molar-refractivity contribution >= 4 is 33.2 Å². The Morgan fingerprint density at radius 1 is 1.19 bits per heavy atom. The van der Waals surface area contributed by atoms with E-state index >= 15 is 0 Å². The minimum atomic E-state index is -0.900. The van der Waals surface area contributed by atoms with Gasteiger partial charge < -0.3 is 5.32 Å². The predicted octanol–water partition coefficient (Wildman–Crippen LogP) is 3.89. The molecule has 0 fully saturated rings. The number of nitro groups is 1. The fraction of sp³-hybridized carbons (Fsp3) is 0. The first-order valence-corrected chi connectivity index (χ1v) is 6.38. The second-order valence-corrected chi connectivity index (χ2v) is 4.91. The van der Waals surface area contributed by atoms with Crippen molar-refractivity contribution in [3.63, 3.8) is 0 Å². The van der Waals surface area contributed by atoms with Crippen LogP contribution in [0.4, 0.5) is 20.2 Å². The molecular weight excluding hydrogens is 350 g/mol. The van der Waals surface area contributed by atoms with Crippen molar-refractivity contribution in [2.75, 3.05) is 5.32 Å². The molecule has 5 nitrogen and oxygen atoms in total. The lowest BCUT2D eigenvalue weighted by Gasteiger charge is -2.07. The van der Waals surface area contributed by atoms with E-state index in [1.165, 1.54) is 12.1 Å². The lowest BCUT2D eigenvalue weighted by Crippen LogP contribution is -2.15. The minimum absolute atomic E-state index is 0.137. The van der Waals surface area contributed by atoms with Crippen LogP contribution in [0.15, 0.2) is 40.9 Å². The molecule has 108 valence electrons. The zero-order valence-corrected chi connectivity index (χ0v) is 11.9. The van der Waals surface area contributed by atoms with Gasteiger partial charge in [-0.05, 0) is 30.3 Å². The average Bonchev–Trinajstić information content (AvgIpc) is 2.41. The Balaban J connectivity index is 2.34. The van der Waals surface area contributed by atoms with Gasteiger partial charge in [-0.1, -0.05) is 15.9 Å². The summed E-state index contributed by atoms with van der Waals surface area (Å²) in [5, 5.41) is 13.0. The van der Waals surface area contributed by atoms with Gasteiger partial charge in [0.1, 0.15) is 17.2 Å². The maximum atomic E-state index is 13.6. The van der Waals surface area contributed by atoms with E-state index in [0.717, 1.165) is 18.2 Å². The van der Waals surface area contributed by atoms with Crippen LogP contribution in [0.3, 0.4) is 0 Å². The van der Waals surface area contributed by atoms with Gasteiger partial charge in [-0.2, -0.15) is 0 Å². The van der Waals surface area contributed by atoms with Crippen molar-refractivity contribution in [3.8, 4) is 0 Å². The fourth-order valence-electron chi connectivity index (χ4n) is 1.63. The van der Waals surface area contributed by atoms with Gasteiger partial charge in [0.25, 0.3) is 11.6 Å². The number of carbonyl (C=O) groups excluding carboxylic acids is 1. The average molecular weight is 357 g/mol. The molecule has 0 aromatic heterocycles. The first-order chi connectivity index (χ1) is 9.88. The molecular formula is C13H7BrF2N2O3. The Kier molecular flexibility index (Phi) is 4.27. The van der Waals surface area contributed by atoms with E-state index in [9.17, 15) is 23.7 Å². The van der Waals surface area contributed by atoms with E-state index in [-0.39, 0.29) is 11.3 Å². The van der Waals surface area contributed by atoms with E-state index in [1.807, 2.05) is 0 Å². The molecule has 1 amide bonds. The molecule has 0 spiro atoms. The van der Waals surface area contributed by atoms with E-state index in [0.29, 0.717) is 10.5 Å². The number of nitrogens with zero attached hydrogens (tertiary/aromatic N) is 1. The van der Waals surface area contributed by atoms with Gasteiger partial charge in [-0.15, -0.1) is 0 Å². The van der Waals surface area contributed by atoms with Crippen molar-refractivity contribution in [3.05, 3.63) is 68.2 Å². The summed E-state index contributed by atoms with van der Waals surface area (Å²) >= 11 is 3.06. The van der Waals surface area contributed by atoms with Gasteiger partial charge in [-0.25, -0.2) is 8.78 Å². The Labute approximate surface area is 125 Å². The molecule has 2 aromatic carbocycles. The zero-order valence-electron chi connectivity index (χ0n) is 10.3. The molecule has 8 heteroatoms. The molecule has 0 unspecified atom stereocenters. The van der Waals surface area contributed by atoms with Gasteiger partial charge >= 0.3 is 0 Å². The van der Waals surface area contributed by atoms with Gasteiger partial charge in [0.2, 0.25) is 0 Å². The van der Waals surface area contributed by atoms with Crippen molar-refractivity contribution in [2.24, 2.45) is 0 Å². The first kappa shape index (κ1) is 15.0. The standard InChI is InChI=1S/C13H7BrF2N2O3/c14-7-1-4-11(10(16)5-7)17-13(19)9-3-2-8(15)6-12(9)18(20)21/h1-6H,(H,17,19). The second-order valence-electron chi connectivity index (χ2n) is 4.00. The van der Waals surface area contributed by atoms with Crippen molar-refractivity contribution in [1.82, 2.24) is 0 Å². The summed E-state index contributed by atoms with van der Waals surface area (Å²) < 4.78 is 27.1. The smallest absolute Gasteiger partial charge is 0.285 e. The molecule has 21 heavy (non-hydrogen) atoms. The van der Waals surface area contributed by atoms with Gasteiger partial charge in [0.15, 0.2) is 0 Å². The van der Waals surface area contributed by atoms with Crippen LogP contribution in [0.2, 0.25) is 0 Å². The third kappa shape index (κ3) is 3.40. The summed E-state index contributed by atoms with van der Waals surface area (Å²) in [5.74, 6) is -2.45. The molecule has 0 aliphatic heterocycles. The molecule has 0 radical (unpaired) electrons. The number of anilines is 1. The summed E-state index contributed by atoms with van der Waals surface area (Å²) in [6.45, 7) is 0. The molecule has 0 bridgehead atoms. The topological polar surface area (TPSA) is 72.2 Å². The lowest BCUT2D eigenvalue weighted by atomic mass is 10.1. The van der Waals surface area contributed by atoms with Crippen LogP contribution in [-0.2, 0) is 0 Å². The van der Waals surface area contributed by atoms with Crippen LogP contribution in [0.25, 0.3) is 0 Å². The van der Waals surface area contributed by atoms with Crippen LogP contribution in [0.1, 0.15) is 10.4 Å². The molecule has 0 heterocycles. The number of hydrogen-bond donors (Lipinski definition) is 1. The van der Waals surface area contributed by atoms with E-state index in [1.54, 1.807) is 0 Å². The SMILES string of the molecule is O=C(Nc1ccc(Br)cc1F)c1ccc(F)cc1[N+](=O)[O-]. The molecule has 2 rings (SSSR count). The van der Waals surface area contributed by atoms with Crippen molar-refractivity contribution in [2.45, 2.75) is 0 Å². The van der Waals surface area contributed by atoms with Gasteiger partial charge in [-0.3, -0.25) is 14.9 Å². The summed E-state index contributed by atoms with van der Waals surface area (Å²) in [7, 11) is 0. The Morgan fingerprint density at radius 3 is 2.52 bits per heavy atom.